The number of H-pyrrole nitrogens is 1. The monoisotopic (exact) mass is 332 g/mol. The van der Waals surface area contributed by atoms with E-state index in [0.29, 0.717) is 26.2 Å². The summed E-state index contributed by atoms with van der Waals surface area (Å²) in [5.74, 6) is -0.348. The van der Waals surface area contributed by atoms with Gasteiger partial charge in [0, 0.05) is 39.0 Å². The van der Waals surface area contributed by atoms with Crippen LogP contribution in [-0.2, 0) is 14.8 Å². The first kappa shape index (κ1) is 18.6. The van der Waals surface area contributed by atoms with Crippen molar-refractivity contribution in [1.82, 2.24) is 20.3 Å². The van der Waals surface area contributed by atoms with E-state index in [1.807, 2.05) is 0 Å². The molecule has 1 rings (SSSR count). The first-order chi connectivity index (χ1) is 10.4. The minimum atomic E-state index is -3.60. The summed E-state index contributed by atoms with van der Waals surface area (Å²) in [6.07, 6.45) is 1.30. The first-order valence-electron chi connectivity index (χ1n) is 7.05. The number of hydrogen-bond donors (Lipinski definition) is 4. The molecule has 1 aromatic rings. The number of aromatic amines is 1. The standard InChI is InChI=1S/C13H24N4O4S/c1-10(2)17-22(19,20)11-8-12(16-9-11)13(18)15-5-4-14-6-7-21-3/h8-10,14,16-17H,4-7H2,1-3H3,(H,15,18). The van der Waals surface area contributed by atoms with Crippen molar-refractivity contribution < 1.29 is 17.9 Å². The molecule has 126 valence electrons. The van der Waals surface area contributed by atoms with Crippen LogP contribution in [0.3, 0.4) is 0 Å². The highest BCUT2D eigenvalue weighted by Crippen LogP contribution is 2.11. The lowest BCUT2D eigenvalue weighted by Gasteiger charge is -2.07. The molecule has 1 aromatic heterocycles. The Hall–Kier alpha value is -1.42. The normalized spacial score (nSPS) is 11.8. The summed E-state index contributed by atoms with van der Waals surface area (Å²) in [5, 5.41) is 5.78. The third-order valence-corrected chi connectivity index (χ3v) is 4.31. The average Bonchev–Trinajstić information content (AvgIpc) is 2.91. The van der Waals surface area contributed by atoms with Gasteiger partial charge in [-0.3, -0.25) is 4.79 Å². The van der Waals surface area contributed by atoms with Crippen LogP contribution in [-0.4, -0.2) is 58.7 Å². The molecule has 0 aliphatic carbocycles. The number of ether oxygens (including phenoxy) is 1. The van der Waals surface area contributed by atoms with Crippen LogP contribution in [0, 0.1) is 0 Å². The van der Waals surface area contributed by atoms with Gasteiger partial charge in [-0.2, -0.15) is 0 Å². The molecule has 0 unspecified atom stereocenters. The van der Waals surface area contributed by atoms with Gasteiger partial charge < -0.3 is 20.4 Å². The van der Waals surface area contributed by atoms with Gasteiger partial charge in [0.2, 0.25) is 10.0 Å². The van der Waals surface area contributed by atoms with Crippen LogP contribution in [0.5, 0.6) is 0 Å². The lowest BCUT2D eigenvalue weighted by molar-refractivity contribution is 0.0949. The fourth-order valence-electron chi connectivity index (χ4n) is 1.70. The molecular weight excluding hydrogens is 308 g/mol. The molecule has 4 N–H and O–H groups in total. The number of carbonyl (C=O) groups excluding carboxylic acids is 1. The Kier molecular flexibility index (Phi) is 7.52. The minimum absolute atomic E-state index is 0.0459. The van der Waals surface area contributed by atoms with Crippen molar-refractivity contribution in [1.29, 1.82) is 0 Å². The number of hydrogen-bond acceptors (Lipinski definition) is 5. The molecule has 0 radical (unpaired) electrons. The van der Waals surface area contributed by atoms with Crippen LogP contribution in [0.2, 0.25) is 0 Å². The molecule has 1 amide bonds. The van der Waals surface area contributed by atoms with E-state index < -0.39 is 10.0 Å². The Morgan fingerprint density at radius 3 is 2.68 bits per heavy atom. The van der Waals surface area contributed by atoms with Crippen LogP contribution < -0.4 is 15.4 Å². The zero-order chi connectivity index (χ0) is 16.6. The highest BCUT2D eigenvalue weighted by Gasteiger charge is 2.19. The highest BCUT2D eigenvalue weighted by atomic mass is 32.2. The molecule has 0 bridgehead atoms. The van der Waals surface area contributed by atoms with E-state index in [2.05, 4.69) is 20.3 Å². The number of aromatic nitrogens is 1. The Labute approximate surface area is 131 Å². The van der Waals surface area contributed by atoms with Crippen LogP contribution in [0.25, 0.3) is 0 Å². The lowest BCUT2D eigenvalue weighted by atomic mass is 10.4. The molecule has 0 saturated heterocycles. The number of methoxy groups -OCH3 is 1. The second kappa shape index (κ2) is 8.89. The predicted octanol–water partition coefficient (Wildman–Crippen LogP) is -0.333. The summed E-state index contributed by atoms with van der Waals surface area (Å²) in [4.78, 5) is 14.6. The van der Waals surface area contributed by atoms with Crippen LogP contribution >= 0.6 is 0 Å². The van der Waals surface area contributed by atoms with Crippen molar-refractivity contribution in [2.45, 2.75) is 24.8 Å². The molecule has 0 spiro atoms. The van der Waals surface area contributed by atoms with Gasteiger partial charge in [0.25, 0.3) is 5.91 Å². The fourth-order valence-corrected chi connectivity index (χ4v) is 2.94. The predicted molar refractivity (Wildman–Crippen MR) is 83.3 cm³/mol. The Balaban J connectivity index is 2.48. The summed E-state index contributed by atoms with van der Waals surface area (Å²) >= 11 is 0. The van der Waals surface area contributed by atoms with Gasteiger partial charge in [0.15, 0.2) is 0 Å². The molecule has 0 aromatic carbocycles. The molecule has 22 heavy (non-hydrogen) atoms. The molecule has 9 heteroatoms. The van der Waals surface area contributed by atoms with Crippen molar-refractivity contribution in [3.63, 3.8) is 0 Å². The zero-order valence-corrected chi connectivity index (χ0v) is 13.9. The van der Waals surface area contributed by atoms with Crippen LogP contribution in [0.1, 0.15) is 24.3 Å². The summed E-state index contributed by atoms with van der Waals surface area (Å²) < 4.78 is 31.3. The van der Waals surface area contributed by atoms with Gasteiger partial charge >= 0.3 is 0 Å². The van der Waals surface area contributed by atoms with E-state index in [-0.39, 0.29) is 22.5 Å². The zero-order valence-electron chi connectivity index (χ0n) is 13.1. The van der Waals surface area contributed by atoms with Crippen LogP contribution in [0.15, 0.2) is 17.2 Å². The SMILES string of the molecule is COCCNCCNC(=O)c1cc(S(=O)(=O)NC(C)C)c[nH]1. The number of rotatable bonds is 10. The van der Waals surface area contributed by atoms with Crippen molar-refractivity contribution in [2.75, 3.05) is 33.4 Å². The Bertz CT molecular complexity index is 568. The summed E-state index contributed by atoms with van der Waals surface area (Å²) in [6.45, 7) is 5.82. The van der Waals surface area contributed by atoms with Gasteiger partial charge in [-0.15, -0.1) is 0 Å². The van der Waals surface area contributed by atoms with Crippen molar-refractivity contribution in [3.05, 3.63) is 18.0 Å². The van der Waals surface area contributed by atoms with Crippen molar-refractivity contribution >= 4 is 15.9 Å². The Morgan fingerprint density at radius 1 is 1.32 bits per heavy atom. The lowest BCUT2D eigenvalue weighted by Crippen LogP contribution is -2.33. The fraction of sp³-hybridized carbons (Fsp3) is 0.615. The minimum Gasteiger partial charge on any atom is -0.383 e. The maximum atomic E-state index is 12.0. The molecule has 0 atom stereocenters. The van der Waals surface area contributed by atoms with Crippen molar-refractivity contribution in [3.8, 4) is 0 Å². The number of sulfonamides is 1. The number of amides is 1. The van der Waals surface area contributed by atoms with Crippen LogP contribution in [0.4, 0.5) is 0 Å². The van der Waals surface area contributed by atoms with E-state index in [1.165, 1.54) is 12.3 Å². The van der Waals surface area contributed by atoms with E-state index in [1.54, 1.807) is 21.0 Å². The van der Waals surface area contributed by atoms with E-state index in [9.17, 15) is 13.2 Å². The second-order valence-corrected chi connectivity index (χ2v) is 6.74. The van der Waals surface area contributed by atoms with Gasteiger partial charge in [0.05, 0.1) is 6.61 Å². The molecule has 0 aliphatic heterocycles. The smallest absolute Gasteiger partial charge is 0.267 e. The quantitative estimate of drug-likeness (QED) is 0.438. The largest absolute Gasteiger partial charge is 0.383 e. The maximum absolute atomic E-state index is 12.0. The molecule has 0 fully saturated rings. The van der Waals surface area contributed by atoms with E-state index in [4.69, 9.17) is 4.74 Å². The third-order valence-electron chi connectivity index (χ3n) is 2.67. The van der Waals surface area contributed by atoms with Crippen molar-refractivity contribution in [2.24, 2.45) is 0 Å². The maximum Gasteiger partial charge on any atom is 0.267 e. The molecule has 0 saturated carbocycles. The summed E-state index contributed by atoms with van der Waals surface area (Å²) in [5.41, 5.74) is 0.209. The molecule has 1 heterocycles. The van der Waals surface area contributed by atoms with Gasteiger partial charge in [-0.25, -0.2) is 13.1 Å². The van der Waals surface area contributed by atoms with Gasteiger partial charge in [-0.05, 0) is 19.9 Å². The molecule has 8 nitrogen and oxygen atoms in total. The number of nitrogens with one attached hydrogen (secondary N) is 4. The van der Waals surface area contributed by atoms with Gasteiger partial charge in [0.1, 0.15) is 10.6 Å². The highest BCUT2D eigenvalue weighted by molar-refractivity contribution is 7.89. The van der Waals surface area contributed by atoms with E-state index in [0.717, 1.165) is 0 Å². The molecular formula is C13H24N4O4S. The Morgan fingerprint density at radius 2 is 2.05 bits per heavy atom. The second-order valence-electron chi connectivity index (χ2n) is 5.02. The topological polar surface area (TPSA) is 112 Å². The van der Waals surface area contributed by atoms with Gasteiger partial charge in [-0.1, -0.05) is 0 Å². The third kappa shape index (κ3) is 6.14. The average molecular weight is 332 g/mol. The van der Waals surface area contributed by atoms with E-state index >= 15 is 0 Å². The summed E-state index contributed by atoms with van der Waals surface area (Å²) in [7, 11) is -1.98. The summed E-state index contributed by atoms with van der Waals surface area (Å²) in [6, 6.07) is 1.11. The number of carbonyl (C=O) groups is 1. The first-order valence-corrected chi connectivity index (χ1v) is 8.53. The molecule has 0 aliphatic rings.